The van der Waals surface area contributed by atoms with Gasteiger partial charge in [0, 0.05) is 65.9 Å². The van der Waals surface area contributed by atoms with E-state index >= 15 is 4.39 Å². The van der Waals surface area contributed by atoms with Crippen LogP contribution in [0.5, 0.6) is 0 Å². The van der Waals surface area contributed by atoms with Gasteiger partial charge in [0.1, 0.15) is 12.4 Å². The van der Waals surface area contributed by atoms with Crippen LogP contribution < -0.4 is 11.1 Å². The van der Waals surface area contributed by atoms with E-state index in [1.54, 1.807) is 29.2 Å². The van der Waals surface area contributed by atoms with Crippen LogP contribution in [-0.4, -0.2) is 48.2 Å². The second kappa shape index (κ2) is 9.19. The third kappa shape index (κ3) is 4.13. The van der Waals surface area contributed by atoms with Crippen molar-refractivity contribution in [3.8, 4) is 11.1 Å². The zero-order chi connectivity index (χ0) is 25.6. The molecule has 0 aliphatic carbocycles. The number of nitrogens with zero attached hydrogens (tertiary/aromatic N) is 5. The Morgan fingerprint density at radius 1 is 1.17 bits per heavy atom. The molecule has 0 unspecified atom stereocenters. The molecule has 4 N–H and O–H groups in total. The summed E-state index contributed by atoms with van der Waals surface area (Å²) in [7, 11) is 0. The summed E-state index contributed by atoms with van der Waals surface area (Å²) in [5, 5.41) is 18.5. The Morgan fingerprint density at radius 3 is 2.72 bits per heavy atom. The Hall–Kier alpha value is -4.05. The van der Waals surface area contributed by atoms with Crippen molar-refractivity contribution in [2.45, 2.75) is 46.4 Å². The molecule has 0 atom stereocenters. The molecule has 0 saturated carbocycles. The molecule has 0 fully saturated rings. The molecule has 9 nitrogen and oxygen atoms in total. The molecule has 4 heterocycles. The Bertz CT molecular complexity index is 1480. The van der Waals surface area contributed by atoms with Crippen molar-refractivity contribution < 1.29 is 14.3 Å². The molecule has 1 aliphatic rings. The first-order valence-corrected chi connectivity index (χ1v) is 11.8. The molecule has 1 aromatic carbocycles. The fourth-order valence-electron chi connectivity index (χ4n) is 4.67. The topological polar surface area (TPSA) is 122 Å². The number of carbonyl (C=O) groups is 1. The smallest absolute Gasteiger partial charge is 0.244 e. The molecule has 0 radical (unpaired) electrons. The molecule has 1 aliphatic heterocycles. The van der Waals surface area contributed by atoms with Crippen LogP contribution in [0.25, 0.3) is 21.9 Å². The highest BCUT2D eigenvalue weighted by atomic mass is 19.1. The SMILES string of the molecule is Cc1c(CO)cncc1-c1cc2cc(Nc3cc4n(n3)CC(=O)N(C(C)C)CC4)ncc2c(N)c1F. The Labute approximate surface area is 207 Å². The number of aromatic nitrogens is 4. The number of pyridine rings is 2. The summed E-state index contributed by atoms with van der Waals surface area (Å²) in [6.07, 6.45) is 5.37. The van der Waals surface area contributed by atoms with Gasteiger partial charge >= 0.3 is 0 Å². The van der Waals surface area contributed by atoms with Crippen molar-refractivity contribution in [3.05, 3.63) is 59.4 Å². The number of hydrogen-bond donors (Lipinski definition) is 3. The van der Waals surface area contributed by atoms with Gasteiger partial charge in [-0.05, 0) is 49.4 Å². The fourth-order valence-corrected chi connectivity index (χ4v) is 4.67. The van der Waals surface area contributed by atoms with E-state index in [1.807, 2.05) is 31.7 Å². The highest BCUT2D eigenvalue weighted by molar-refractivity contribution is 5.98. The number of aliphatic hydroxyl groups is 1. The summed E-state index contributed by atoms with van der Waals surface area (Å²) in [6, 6.07) is 5.56. The summed E-state index contributed by atoms with van der Waals surface area (Å²) in [6.45, 7) is 6.49. The van der Waals surface area contributed by atoms with Gasteiger partial charge in [-0.2, -0.15) is 5.10 Å². The van der Waals surface area contributed by atoms with E-state index in [0.29, 0.717) is 52.1 Å². The van der Waals surface area contributed by atoms with Crippen molar-refractivity contribution in [1.82, 2.24) is 24.6 Å². The number of carbonyl (C=O) groups excluding carboxylic acids is 1. The quantitative estimate of drug-likeness (QED) is 0.367. The van der Waals surface area contributed by atoms with Gasteiger partial charge in [0.25, 0.3) is 0 Å². The highest BCUT2D eigenvalue weighted by Gasteiger charge is 2.24. The number of benzene rings is 1. The third-order valence-corrected chi connectivity index (χ3v) is 6.74. The number of anilines is 3. The number of nitrogen functional groups attached to an aromatic ring is 1. The number of fused-ring (bicyclic) bond motifs is 2. The number of amides is 1. The average Bonchev–Trinajstić information content (AvgIpc) is 3.14. The molecule has 1 amide bonds. The van der Waals surface area contributed by atoms with Crippen molar-refractivity contribution in [1.29, 1.82) is 0 Å². The molecule has 36 heavy (non-hydrogen) atoms. The molecule has 3 aromatic heterocycles. The van der Waals surface area contributed by atoms with Gasteiger partial charge in [-0.15, -0.1) is 0 Å². The van der Waals surface area contributed by atoms with Gasteiger partial charge in [-0.25, -0.2) is 9.37 Å². The standard InChI is InChI=1S/C26H28FN7O2/c1-14(2)33-5-4-18-8-23(32-34(18)12-24(33)36)31-22-7-16-6-19(25(27)26(28)21(16)11-30-22)20-10-29-9-17(13-35)15(20)3/h6-11,14,35H,4-5,12-13,28H2,1-3H3,(H,30,31,32). The van der Waals surface area contributed by atoms with Crippen molar-refractivity contribution in [3.63, 3.8) is 0 Å². The van der Waals surface area contributed by atoms with Crippen LogP contribution in [0.4, 0.5) is 21.7 Å². The Morgan fingerprint density at radius 2 is 1.97 bits per heavy atom. The van der Waals surface area contributed by atoms with Crippen LogP contribution in [0, 0.1) is 12.7 Å². The molecule has 5 rings (SSSR count). The maximum absolute atomic E-state index is 15.3. The first-order chi connectivity index (χ1) is 17.3. The zero-order valence-electron chi connectivity index (χ0n) is 20.4. The first kappa shape index (κ1) is 23.7. The van der Waals surface area contributed by atoms with E-state index in [0.717, 1.165) is 11.3 Å². The van der Waals surface area contributed by atoms with Gasteiger partial charge in [-0.1, -0.05) is 0 Å². The summed E-state index contributed by atoms with van der Waals surface area (Å²) in [5.41, 5.74) is 9.35. The normalized spacial score (nSPS) is 13.8. The molecular formula is C26H28FN7O2. The minimum Gasteiger partial charge on any atom is -0.396 e. The minimum absolute atomic E-state index is 0.00252. The van der Waals surface area contributed by atoms with E-state index in [-0.39, 0.29) is 30.8 Å². The maximum Gasteiger partial charge on any atom is 0.244 e. The van der Waals surface area contributed by atoms with Gasteiger partial charge in [0.15, 0.2) is 11.6 Å². The maximum atomic E-state index is 15.3. The lowest BCUT2D eigenvalue weighted by molar-refractivity contribution is -0.133. The van der Waals surface area contributed by atoms with E-state index in [2.05, 4.69) is 20.4 Å². The Balaban J connectivity index is 1.48. The lowest BCUT2D eigenvalue weighted by Crippen LogP contribution is -2.38. The van der Waals surface area contributed by atoms with Crippen LogP contribution in [0.3, 0.4) is 0 Å². The van der Waals surface area contributed by atoms with E-state index in [1.165, 1.54) is 6.20 Å². The number of hydrogen-bond acceptors (Lipinski definition) is 7. The molecule has 0 bridgehead atoms. The fraction of sp³-hybridized carbons (Fsp3) is 0.308. The van der Waals surface area contributed by atoms with Crippen molar-refractivity contribution >= 4 is 34.0 Å². The summed E-state index contributed by atoms with van der Waals surface area (Å²) < 4.78 is 17.0. The average molecular weight is 490 g/mol. The number of aliphatic hydroxyl groups excluding tert-OH is 1. The van der Waals surface area contributed by atoms with Crippen LogP contribution in [0.15, 0.2) is 36.8 Å². The summed E-state index contributed by atoms with van der Waals surface area (Å²) in [5.74, 6) is 0.584. The van der Waals surface area contributed by atoms with Gasteiger partial charge in [0.2, 0.25) is 5.91 Å². The molecule has 10 heteroatoms. The third-order valence-electron chi connectivity index (χ3n) is 6.74. The highest BCUT2D eigenvalue weighted by Crippen LogP contribution is 2.36. The van der Waals surface area contributed by atoms with Crippen LogP contribution in [0.2, 0.25) is 0 Å². The van der Waals surface area contributed by atoms with E-state index < -0.39 is 5.82 Å². The van der Waals surface area contributed by atoms with Crippen molar-refractivity contribution in [2.24, 2.45) is 0 Å². The lowest BCUT2D eigenvalue weighted by atomic mass is 9.96. The number of nitrogens with two attached hydrogens (primary N) is 1. The van der Waals surface area contributed by atoms with E-state index in [9.17, 15) is 9.90 Å². The zero-order valence-corrected chi connectivity index (χ0v) is 20.4. The van der Waals surface area contributed by atoms with Crippen LogP contribution >= 0.6 is 0 Å². The molecule has 4 aromatic rings. The second-order valence-corrected chi connectivity index (χ2v) is 9.31. The first-order valence-electron chi connectivity index (χ1n) is 11.8. The number of nitrogens with one attached hydrogen (secondary N) is 1. The van der Waals surface area contributed by atoms with Crippen LogP contribution in [0.1, 0.15) is 30.7 Å². The summed E-state index contributed by atoms with van der Waals surface area (Å²) >= 11 is 0. The largest absolute Gasteiger partial charge is 0.396 e. The predicted octanol–water partition coefficient (Wildman–Crippen LogP) is 3.55. The van der Waals surface area contributed by atoms with Gasteiger partial charge in [0.05, 0.1) is 12.3 Å². The van der Waals surface area contributed by atoms with Crippen LogP contribution in [-0.2, 0) is 24.4 Å². The number of halogens is 1. The molecule has 0 spiro atoms. The monoisotopic (exact) mass is 489 g/mol. The van der Waals surface area contributed by atoms with E-state index in [4.69, 9.17) is 5.73 Å². The molecular weight excluding hydrogens is 461 g/mol. The minimum atomic E-state index is -0.553. The van der Waals surface area contributed by atoms with Crippen molar-refractivity contribution in [2.75, 3.05) is 17.6 Å². The van der Waals surface area contributed by atoms with Gasteiger partial charge < -0.3 is 21.1 Å². The van der Waals surface area contributed by atoms with Gasteiger partial charge in [-0.3, -0.25) is 14.5 Å². The second-order valence-electron chi connectivity index (χ2n) is 9.31. The number of rotatable bonds is 5. The predicted molar refractivity (Wildman–Crippen MR) is 136 cm³/mol. The molecule has 0 saturated heterocycles. The summed E-state index contributed by atoms with van der Waals surface area (Å²) in [4.78, 5) is 23.0. The Kier molecular flexibility index (Phi) is 6.05. The molecule has 186 valence electrons. The lowest BCUT2D eigenvalue weighted by Gasteiger charge is -2.24.